The van der Waals surface area contributed by atoms with Crippen LogP contribution in [0.5, 0.6) is 0 Å². The van der Waals surface area contributed by atoms with Gasteiger partial charge in [-0.2, -0.15) is 0 Å². The number of thiophene rings is 1. The molecule has 0 N–H and O–H groups in total. The van der Waals surface area contributed by atoms with Crippen molar-refractivity contribution in [2.75, 3.05) is 4.81 Å². The van der Waals surface area contributed by atoms with Crippen LogP contribution in [0.15, 0.2) is 148 Å². The van der Waals surface area contributed by atoms with Crippen LogP contribution in [0.1, 0.15) is 31.9 Å². The summed E-state index contributed by atoms with van der Waals surface area (Å²) in [6.45, 7) is 9.06. The van der Waals surface area contributed by atoms with Crippen molar-refractivity contribution in [3.8, 4) is 16.8 Å². The van der Waals surface area contributed by atoms with Crippen molar-refractivity contribution in [3.05, 3.63) is 151 Å². The Morgan fingerprint density at radius 1 is 0.542 bits per heavy atom. The van der Waals surface area contributed by atoms with Gasteiger partial charge in [-0.15, -0.1) is 11.3 Å². The second-order valence-corrected chi connectivity index (χ2v) is 18.8. The molecule has 0 unspecified atom stereocenters. The molecule has 0 amide bonds. The third kappa shape index (κ3) is 4.09. The van der Waals surface area contributed by atoms with Crippen LogP contribution in [0.4, 0.5) is 11.4 Å². The summed E-state index contributed by atoms with van der Waals surface area (Å²) < 4.78 is 18.5. The molecule has 0 radical (unpaired) electrons. The predicted molar refractivity (Wildman–Crippen MR) is 251 cm³/mol. The van der Waals surface area contributed by atoms with E-state index in [0.29, 0.717) is 0 Å². The molecular formula is C53H35BN2O2S. The third-order valence-electron chi connectivity index (χ3n) is 13.4. The maximum Gasteiger partial charge on any atom is 0.333 e. The van der Waals surface area contributed by atoms with Gasteiger partial charge in [0.15, 0.2) is 0 Å². The average molecular weight is 775 g/mol. The van der Waals surface area contributed by atoms with E-state index in [2.05, 4.69) is 177 Å². The lowest BCUT2D eigenvalue weighted by Crippen LogP contribution is -2.60. The van der Waals surface area contributed by atoms with Crippen LogP contribution < -0.4 is 15.7 Å². The fourth-order valence-corrected chi connectivity index (χ4v) is 11.9. The van der Waals surface area contributed by atoms with E-state index < -0.39 is 0 Å². The quantitative estimate of drug-likeness (QED) is 0.156. The molecule has 0 spiro atoms. The highest BCUT2D eigenvalue weighted by Gasteiger charge is 2.45. The van der Waals surface area contributed by atoms with Crippen LogP contribution in [0.3, 0.4) is 0 Å². The summed E-state index contributed by atoms with van der Waals surface area (Å²) in [5.41, 5.74) is 17.4. The molecule has 4 nitrogen and oxygen atoms in total. The molecular weight excluding hydrogens is 739 g/mol. The predicted octanol–water partition coefficient (Wildman–Crippen LogP) is 13.8. The van der Waals surface area contributed by atoms with Crippen LogP contribution in [0.25, 0.3) is 103 Å². The van der Waals surface area contributed by atoms with Gasteiger partial charge in [-0.3, -0.25) is 0 Å². The van der Waals surface area contributed by atoms with Gasteiger partial charge in [-0.05, 0) is 101 Å². The molecule has 6 heterocycles. The molecule has 12 aromatic rings. The van der Waals surface area contributed by atoms with Gasteiger partial charge in [0.2, 0.25) is 0 Å². The molecule has 6 heteroatoms. The van der Waals surface area contributed by atoms with Gasteiger partial charge in [0.25, 0.3) is 0 Å². The monoisotopic (exact) mass is 774 g/mol. The molecule has 0 fully saturated rings. The van der Waals surface area contributed by atoms with Crippen molar-refractivity contribution in [2.45, 2.75) is 33.1 Å². The van der Waals surface area contributed by atoms with Gasteiger partial charge < -0.3 is 18.2 Å². The zero-order valence-corrected chi connectivity index (χ0v) is 33.8. The molecule has 0 aliphatic carbocycles. The number of hydrogen-bond acceptors (Lipinski definition) is 4. The topological polar surface area (TPSA) is 34.5 Å². The number of rotatable bonds is 1. The first-order valence-electron chi connectivity index (χ1n) is 20.5. The normalized spacial score (nSPS) is 13.7. The van der Waals surface area contributed by atoms with Crippen molar-refractivity contribution in [1.29, 1.82) is 0 Å². The Morgan fingerprint density at radius 3 is 1.95 bits per heavy atom. The highest BCUT2D eigenvalue weighted by molar-refractivity contribution is 7.25. The zero-order valence-electron chi connectivity index (χ0n) is 33.0. The van der Waals surface area contributed by atoms with Crippen LogP contribution in [-0.4, -0.2) is 11.4 Å². The number of furan rings is 2. The number of aromatic nitrogens is 1. The summed E-state index contributed by atoms with van der Waals surface area (Å²) in [5.74, 6) is 0. The van der Waals surface area contributed by atoms with Crippen LogP contribution in [-0.2, 0) is 5.41 Å². The van der Waals surface area contributed by atoms with E-state index >= 15 is 0 Å². The highest BCUT2D eigenvalue weighted by Crippen LogP contribution is 2.50. The van der Waals surface area contributed by atoms with Gasteiger partial charge in [0, 0.05) is 81.2 Å². The first-order valence-corrected chi connectivity index (χ1v) is 21.3. The number of hydrogen-bond donors (Lipinski definition) is 0. The van der Waals surface area contributed by atoms with E-state index in [1.54, 1.807) is 0 Å². The van der Waals surface area contributed by atoms with Crippen LogP contribution >= 0.6 is 11.3 Å². The van der Waals surface area contributed by atoms with E-state index in [1.807, 2.05) is 11.3 Å². The molecule has 0 saturated carbocycles. The van der Waals surface area contributed by atoms with E-state index in [4.69, 9.17) is 8.83 Å². The zero-order chi connectivity index (χ0) is 39.1. The second kappa shape index (κ2) is 10.8. The number of benzene rings is 8. The van der Waals surface area contributed by atoms with Gasteiger partial charge in [-0.1, -0.05) is 93.6 Å². The molecule has 14 rings (SSSR count). The lowest BCUT2D eigenvalue weighted by molar-refractivity contribution is 0.590. The summed E-state index contributed by atoms with van der Waals surface area (Å²) in [5, 5.41) is 9.70. The largest absolute Gasteiger partial charge is 0.456 e. The molecule has 0 saturated heterocycles. The van der Waals surface area contributed by atoms with Crippen molar-refractivity contribution in [3.63, 3.8) is 0 Å². The van der Waals surface area contributed by atoms with Crippen molar-refractivity contribution in [2.24, 2.45) is 0 Å². The summed E-state index contributed by atoms with van der Waals surface area (Å²) >= 11 is 1.89. The number of para-hydroxylation sites is 2. The summed E-state index contributed by atoms with van der Waals surface area (Å²) in [6.07, 6.45) is 0. The lowest BCUT2D eigenvalue weighted by Gasteiger charge is -2.42. The fourth-order valence-electron chi connectivity index (χ4n) is 10.7. The first-order chi connectivity index (χ1) is 28.8. The van der Waals surface area contributed by atoms with Gasteiger partial charge in [-0.25, -0.2) is 0 Å². The molecule has 0 bridgehead atoms. The second-order valence-electron chi connectivity index (χ2n) is 17.7. The summed E-state index contributed by atoms with van der Waals surface area (Å²) in [6, 6.07) is 51.9. The Labute approximate surface area is 343 Å². The molecule has 278 valence electrons. The smallest absolute Gasteiger partial charge is 0.333 e. The van der Waals surface area contributed by atoms with Crippen LogP contribution in [0.2, 0.25) is 0 Å². The van der Waals surface area contributed by atoms with Crippen molar-refractivity contribution < 1.29 is 8.83 Å². The number of fused-ring (bicyclic) bond motifs is 17. The highest BCUT2D eigenvalue weighted by atomic mass is 32.1. The molecule has 59 heavy (non-hydrogen) atoms. The first kappa shape index (κ1) is 32.2. The summed E-state index contributed by atoms with van der Waals surface area (Å²) in [7, 11) is 0. The number of nitrogens with zero attached hydrogens (tertiary/aromatic N) is 2. The molecule has 2 aliphatic heterocycles. The Morgan fingerprint density at radius 2 is 1.20 bits per heavy atom. The minimum absolute atomic E-state index is 0.0339. The summed E-state index contributed by atoms with van der Waals surface area (Å²) in [4.78, 5) is 2.64. The third-order valence-corrected chi connectivity index (χ3v) is 14.5. The van der Waals surface area contributed by atoms with Gasteiger partial charge >= 0.3 is 6.85 Å². The maximum atomic E-state index is 6.72. The Balaban J connectivity index is 1.18. The van der Waals surface area contributed by atoms with E-state index in [0.717, 1.165) is 49.4 Å². The Hall–Kier alpha value is -6.76. The van der Waals surface area contributed by atoms with Crippen molar-refractivity contribution >= 4 is 126 Å². The molecule has 8 aromatic carbocycles. The molecule has 2 aliphatic rings. The van der Waals surface area contributed by atoms with Crippen LogP contribution in [0, 0.1) is 6.92 Å². The van der Waals surface area contributed by atoms with Gasteiger partial charge in [0.1, 0.15) is 22.3 Å². The molecule has 0 atom stereocenters. The average Bonchev–Trinajstić information content (AvgIpc) is 3.99. The SMILES string of the molecule is Cc1cc2c3c4c1c1cc5c(cc1n4-c1cc4c(cc1B3N(c1ccc(C(C)(C)C)cc1)c1cc3c(cc1-2)sc1ccccc13)oc1ccccc14)oc1ccccc15. The maximum absolute atomic E-state index is 6.72. The minimum Gasteiger partial charge on any atom is -0.456 e. The van der Waals surface area contributed by atoms with E-state index in [9.17, 15) is 0 Å². The fraction of sp³-hybridized carbons (Fsp3) is 0.0943. The number of aryl methyl sites for hydroxylation is 1. The standard InChI is InChI=1S/C53H35BN2O2S/c1-28-21-38-34-25-49-37(33-13-7-10-16-48(33)59-49)24-42(34)56(30-19-17-29(18-20-30)53(2,3)4)54-40-26-46-36(32-12-6-9-15-45(32)57-46)23-43(40)55-41-27-47-35(31-11-5-8-14-44(31)58-47)22-39(41)50(28)52(55)51(38)54/h5-27H,1-4H3. The van der Waals surface area contributed by atoms with E-state index in [-0.39, 0.29) is 12.3 Å². The minimum atomic E-state index is -0.128. The number of anilines is 2. The van der Waals surface area contributed by atoms with Crippen molar-refractivity contribution in [1.82, 2.24) is 4.57 Å². The van der Waals surface area contributed by atoms with Gasteiger partial charge in [0.05, 0.1) is 11.0 Å². The Bertz CT molecular complexity index is 3850. The van der Waals surface area contributed by atoms with E-state index in [1.165, 1.54) is 86.7 Å². The lowest BCUT2D eigenvalue weighted by atomic mass is 9.44. The molecule has 4 aromatic heterocycles. The Kier molecular flexibility index (Phi) is 5.92.